The SMILES string of the molecule is CCCC1(c2ccc(C(F)(F)F)cc2C)CCCCCN1. The molecule has 4 heteroatoms. The molecule has 21 heavy (non-hydrogen) atoms. The normalized spacial score (nSPS) is 23.9. The fraction of sp³-hybridized carbons (Fsp3) is 0.647. The molecule has 1 fully saturated rings. The Labute approximate surface area is 124 Å². The predicted octanol–water partition coefficient (Wildman–Crippen LogP) is 5.17. The molecule has 1 atom stereocenters. The topological polar surface area (TPSA) is 12.0 Å². The van der Waals surface area contributed by atoms with Crippen LogP contribution in [0.5, 0.6) is 0 Å². The van der Waals surface area contributed by atoms with Gasteiger partial charge in [-0.1, -0.05) is 32.3 Å². The van der Waals surface area contributed by atoms with Gasteiger partial charge in [0.05, 0.1) is 5.56 Å². The van der Waals surface area contributed by atoms with Crippen LogP contribution in [0.4, 0.5) is 13.2 Å². The number of hydrogen-bond donors (Lipinski definition) is 1. The minimum Gasteiger partial charge on any atom is -0.307 e. The summed E-state index contributed by atoms with van der Waals surface area (Å²) in [5.41, 5.74) is 1.08. The van der Waals surface area contributed by atoms with Crippen molar-refractivity contribution in [3.8, 4) is 0 Å². The maximum absolute atomic E-state index is 12.8. The van der Waals surface area contributed by atoms with E-state index in [9.17, 15) is 13.2 Å². The first-order chi connectivity index (χ1) is 9.89. The predicted molar refractivity (Wildman–Crippen MR) is 79.2 cm³/mol. The molecule has 1 aliphatic rings. The summed E-state index contributed by atoms with van der Waals surface area (Å²) in [5.74, 6) is 0. The number of halogens is 3. The molecular weight excluding hydrogens is 275 g/mol. The minimum absolute atomic E-state index is 0.153. The number of benzene rings is 1. The number of aryl methyl sites for hydroxylation is 1. The van der Waals surface area contributed by atoms with Crippen LogP contribution in [-0.2, 0) is 11.7 Å². The van der Waals surface area contributed by atoms with Crippen LogP contribution in [0, 0.1) is 6.92 Å². The van der Waals surface area contributed by atoms with E-state index in [1.807, 2.05) is 0 Å². The lowest BCUT2D eigenvalue weighted by Crippen LogP contribution is -2.42. The van der Waals surface area contributed by atoms with Crippen molar-refractivity contribution in [1.29, 1.82) is 0 Å². The summed E-state index contributed by atoms with van der Waals surface area (Å²) in [6, 6.07) is 4.21. The molecule has 1 heterocycles. The molecule has 0 radical (unpaired) electrons. The highest BCUT2D eigenvalue weighted by molar-refractivity contribution is 5.37. The van der Waals surface area contributed by atoms with Crippen molar-refractivity contribution < 1.29 is 13.2 Å². The molecule has 1 nitrogen and oxygen atoms in total. The van der Waals surface area contributed by atoms with E-state index in [-0.39, 0.29) is 5.54 Å². The average molecular weight is 299 g/mol. The van der Waals surface area contributed by atoms with Crippen molar-refractivity contribution in [2.24, 2.45) is 0 Å². The van der Waals surface area contributed by atoms with Crippen LogP contribution in [0.1, 0.15) is 62.1 Å². The lowest BCUT2D eigenvalue weighted by Gasteiger charge is -2.36. The van der Waals surface area contributed by atoms with Crippen LogP contribution < -0.4 is 5.32 Å². The smallest absolute Gasteiger partial charge is 0.307 e. The van der Waals surface area contributed by atoms with Crippen LogP contribution in [0.3, 0.4) is 0 Å². The summed E-state index contributed by atoms with van der Waals surface area (Å²) in [4.78, 5) is 0. The first-order valence-corrected chi connectivity index (χ1v) is 7.82. The Bertz CT molecular complexity index is 471. The van der Waals surface area contributed by atoms with Crippen LogP contribution in [-0.4, -0.2) is 6.54 Å². The van der Waals surface area contributed by atoms with E-state index >= 15 is 0 Å². The van der Waals surface area contributed by atoms with Gasteiger partial charge in [0, 0.05) is 5.54 Å². The highest BCUT2D eigenvalue weighted by Gasteiger charge is 2.35. The maximum Gasteiger partial charge on any atom is 0.416 e. The Hall–Kier alpha value is -1.03. The summed E-state index contributed by atoms with van der Waals surface area (Å²) < 4.78 is 38.5. The van der Waals surface area contributed by atoms with E-state index < -0.39 is 11.7 Å². The first-order valence-electron chi connectivity index (χ1n) is 7.82. The van der Waals surface area contributed by atoms with Crippen LogP contribution >= 0.6 is 0 Å². The van der Waals surface area contributed by atoms with Gasteiger partial charge in [0.2, 0.25) is 0 Å². The van der Waals surface area contributed by atoms with Gasteiger partial charge in [-0.2, -0.15) is 13.2 Å². The van der Waals surface area contributed by atoms with E-state index in [1.54, 1.807) is 13.0 Å². The largest absolute Gasteiger partial charge is 0.416 e. The molecule has 0 aliphatic carbocycles. The second-order valence-electron chi connectivity index (χ2n) is 6.10. The molecule has 0 spiro atoms. The van der Waals surface area contributed by atoms with E-state index in [0.29, 0.717) is 0 Å². The standard InChI is InChI=1S/C17H24F3N/c1-3-9-16(10-5-4-6-11-21-16)15-8-7-14(12-13(15)2)17(18,19)20/h7-8,12,21H,3-6,9-11H2,1-2H3. The number of hydrogen-bond acceptors (Lipinski definition) is 1. The summed E-state index contributed by atoms with van der Waals surface area (Å²) in [6.07, 6.45) is 2.20. The molecule has 0 saturated carbocycles. The fourth-order valence-electron chi connectivity index (χ4n) is 3.53. The molecule has 0 aromatic heterocycles. The van der Waals surface area contributed by atoms with Crippen molar-refractivity contribution in [1.82, 2.24) is 5.32 Å². The Morgan fingerprint density at radius 3 is 2.57 bits per heavy atom. The molecule has 1 aliphatic heterocycles. The van der Waals surface area contributed by atoms with Gasteiger partial charge in [0.1, 0.15) is 0 Å². The highest BCUT2D eigenvalue weighted by atomic mass is 19.4. The molecule has 1 saturated heterocycles. The lowest BCUT2D eigenvalue weighted by molar-refractivity contribution is -0.137. The molecule has 1 aromatic carbocycles. The summed E-state index contributed by atoms with van der Waals surface area (Å²) in [6.45, 7) is 4.88. The Kier molecular flexibility index (Phi) is 4.97. The second kappa shape index (κ2) is 6.39. The molecule has 1 N–H and O–H groups in total. The third kappa shape index (κ3) is 3.60. The first kappa shape index (κ1) is 16.3. The van der Waals surface area contributed by atoms with E-state index in [4.69, 9.17) is 0 Å². The number of rotatable bonds is 3. The van der Waals surface area contributed by atoms with E-state index in [2.05, 4.69) is 12.2 Å². The summed E-state index contributed by atoms with van der Waals surface area (Å²) in [7, 11) is 0. The van der Waals surface area contributed by atoms with Crippen molar-refractivity contribution in [3.63, 3.8) is 0 Å². The zero-order chi connectivity index (χ0) is 15.5. The van der Waals surface area contributed by atoms with Gasteiger partial charge in [-0.15, -0.1) is 0 Å². The van der Waals surface area contributed by atoms with Crippen LogP contribution in [0.2, 0.25) is 0 Å². The average Bonchev–Trinajstić information content (AvgIpc) is 2.64. The Morgan fingerprint density at radius 2 is 1.95 bits per heavy atom. The summed E-state index contributed by atoms with van der Waals surface area (Å²) >= 11 is 0. The number of alkyl halides is 3. The third-order valence-corrected chi connectivity index (χ3v) is 4.49. The molecule has 1 aromatic rings. The van der Waals surface area contributed by atoms with Crippen molar-refractivity contribution in [2.75, 3.05) is 6.54 Å². The third-order valence-electron chi connectivity index (χ3n) is 4.49. The van der Waals surface area contributed by atoms with Gasteiger partial charge in [-0.05, 0) is 56.0 Å². The zero-order valence-electron chi connectivity index (χ0n) is 12.8. The van der Waals surface area contributed by atoms with Gasteiger partial charge < -0.3 is 5.32 Å². The molecule has 0 amide bonds. The second-order valence-corrected chi connectivity index (χ2v) is 6.10. The van der Waals surface area contributed by atoms with Gasteiger partial charge in [0.15, 0.2) is 0 Å². The number of nitrogens with one attached hydrogen (secondary N) is 1. The van der Waals surface area contributed by atoms with Gasteiger partial charge in [-0.3, -0.25) is 0 Å². The monoisotopic (exact) mass is 299 g/mol. The van der Waals surface area contributed by atoms with E-state index in [0.717, 1.165) is 49.8 Å². The Balaban J connectivity index is 2.40. The maximum atomic E-state index is 12.8. The molecule has 118 valence electrons. The van der Waals surface area contributed by atoms with Crippen molar-refractivity contribution >= 4 is 0 Å². The zero-order valence-corrected chi connectivity index (χ0v) is 12.8. The minimum atomic E-state index is -4.27. The molecule has 1 unspecified atom stereocenters. The lowest BCUT2D eigenvalue weighted by atomic mass is 9.79. The molecular formula is C17H24F3N. The van der Waals surface area contributed by atoms with Gasteiger partial charge in [0.25, 0.3) is 0 Å². The summed E-state index contributed by atoms with van der Waals surface area (Å²) in [5, 5.41) is 3.63. The van der Waals surface area contributed by atoms with Crippen LogP contribution in [0.15, 0.2) is 18.2 Å². The van der Waals surface area contributed by atoms with Crippen molar-refractivity contribution in [2.45, 2.75) is 64.1 Å². The Morgan fingerprint density at radius 1 is 1.19 bits per heavy atom. The van der Waals surface area contributed by atoms with Gasteiger partial charge in [-0.25, -0.2) is 0 Å². The van der Waals surface area contributed by atoms with E-state index in [1.165, 1.54) is 18.6 Å². The van der Waals surface area contributed by atoms with Crippen molar-refractivity contribution in [3.05, 3.63) is 34.9 Å². The quantitative estimate of drug-likeness (QED) is 0.811. The van der Waals surface area contributed by atoms with Gasteiger partial charge >= 0.3 is 6.18 Å². The molecule has 2 rings (SSSR count). The fourth-order valence-corrected chi connectivity index (χ4v) is 3.53. The highest BCUT2D eigenvalue weighted by Crippen LogP contribution is 2.38. The molecule has 0 bridgehead atoms. The van der Waals surface area contributed by atoms with Crippen LogP contribution in [0.25, 0.3) is 0 Å².